The van der Waals surface area contributed by atoms with Crippen molar-refractivity contribution >= 4 is 0 Å². The fourth-order valence-electron chi connectivity index (χ4n) is 1.60. The van der Waals surface area contributed by atoms with E-state index in [0.717, 1.165) is 5.92 Å². The lowest BCUT2D eigenvalue weighted by atomic mass is 9.99. The van der Waals surface area contributed by atoms with Crippen LogP contribution in [0.25, 0.3) is 0 Å². The predicted octanol–water partition coefficient (Wildman–Crippen LogP) is 3.15. The molecular weight excluding hydrogens is 146 g/mol. The molecule has 0 N–H and O–H groups in total. The monoisotopic (exact) mass is 171 g/mol. The van der Waals surface area contributed by atoms with E-state index in [4.69, 9.17) is 0 Å². The second-order valence-electron chi connectivity index (χ2n) is 3.50. The van der Waals surface area contributed by atoms with Gasteiger partial charge in [0.1, 0.15) is 0 Å². The molecule has 0 rings (SSSR count). The van der Waals surface area contributed by atoms with Gasteiger partial charge in [-0.25, -0.2) is 0 Å². The molecule has 0 heterocycles. The largest absolute Gasteiger partial charge is 0.304 e. The minimum absolute atomic E-state index is 0.950. The highest BCUT2D eigenvalue weighted by Crippen LogP contribution is 2.12. The van der Waals surface area contributed by atoms with E-state index in [9.17, 15) is 0 Å². The summed E-state index contributed by atoms with van der Waals surface area (Å²) in [5.41, 5.74) is 0. The Morgan fingerprint density at radius 2 is 1.42 bits per heavy atom. The molecule has 1 nitrogen and oxygen atoms in total. The van der Waals surface area contributed by atoms with Crippen LogP contribution in [-0.4, -0.2) is 24.5 Å². The molecule has 0 spiro atoms. The zero-order chi connectivity index (χ0) is 9.40. The second kappa shape index (κ2) is 7.60. The third-order valence-corrected chi connectivity index (χ3v) is 2.90. The van der Waals surface area contributed by atoms with Crippen molar-refractivity contribution in [2.45, 2.75) is 47.0 Å². The molecule has 0 aliphatic rings. The molecule has 0 saturated heterocycles. The quantitative estimate of drug-likeness (QED) is 0.569. The predicted molar refractivity (Wildman–Crippen MR) is 56.5 cm³/mol. The first-order valence-corrected chi connectivity index (χ1v) is 5.50. The molecule has 0 saturated carbocycles. The van der Waals surface area contributed by atoms with E-state index >= 15 is 0 Å². The van der Waals surface area contributed by atoms with Crippen molar-refractivity contribution in [3.05, 3.63) is 0 Å². The van der Waals surface area contributed by atoms with Gasteiger partial charge in [-0.1, -0.05) is 40.5 Å². The van der Waals surface area contributed by atoms with E-state index in [-0.39, 0.29) is 0 Å². The minimum atomic E-state index is 0.950. The number of hydrogen-bond acceptors (Lipinski definition) is 1. The SMILES string of the molecule is CCC(CC)CCN(CC)CC. The summed E-state index contributed by atoms with van der Waals surface area (Å²) < 4.78 is 0. The zero-order valence-electron chi connectivity index (χ0n) is 9.27. The Kier molecular flexibility index (Phi) is 7.58. The minimum Gasteiger partial charge on any atom is -0.304 e. The normalized spacial score (nSPS) is 11.5. The van der Waals surface area contributed by atoms with Crippen LogP contribution in [0.5, 0.6) is 0 Å². The molecule has 0 radical (unpaired) electrons. The van der Waals surface area contributed by atoms with Crippen LogP contribution in [0.15, 0.2) is 0 Å². The Morgan fingerprint density at radius 3 is 1.75 bits per heavy atom. The molecule has 1 heteroatoms. The van der Waals surface area contributed by atoms with E-state index < -0.39 is 0 Å². The fraction of sp³-hybridized carbons (Fsp3) is 1.00. The summed E-state index contributed by atoms with van der Waals surface area (Å²) in [5.74, 6) is 0.950. The van der Waals surface area contributed by atoms with E-state index in [0.29, 0.717) is 0 Å². The number of rotatable bonds is 7. The van der Waals surface area contributed by atoms with Gasteiger partial charge in [0.15, 0.2) is 0 Å². The third kappa shape index (κ3) is 4.76. The van der Waals surface area contributed by atoms with Gasteiger partial charge in [0.2, 0.25) is 0 Å². The summed E-state index contributed by atoms with van der Waals surface area (Å²) in [6.45, 7) is 12.8. The first-order valence-electron chi connectivity index (χ1n) is 5.50. The van der Waals surface area contributed by atoms with Crippen molar-refractivity contribution in [2.24, 2.45) is 5.92 Å². The van der Waals surface area contributed by atoms with Gasteiger partial charge in [-0.3, -0.25) is 0 Å². The summed E-state index contributed by atoms with van der Waals surface area (Å²) in [6, 6.07) is 0. The second-order valence-corrected chi connectivity index (χ2v) is 3.50. The van der Waals surface area contributed by atoms with Gasteiger partial charge >= 0.3 is 0 Å². The Labute approximate surface area is 78.1 Å². The van der Waals surface area contributed by atoms with Crippen molar-refractivity contribution in [3.63, 3.8) is 0 Å². The first kappa shape index (κ1) is 12.0. The lowest BCUT2D eigenvalue weighted by Crippen LogP contribution is -2.25. The summed E-state index contributed by atoms with van der Waals surface area (Å²) in [6.07, 6.45) is 4.07. The molecule has 0 bridgehead atoms. The summed E-state index contributed by atoms with van der Waals surface area (Å²) in [7, 11) is 0. The first-order chi connectivity index (χ1) is 5.78. The van der Waals surface area contributed by atoms with E-state index in [1.165, 1.54) is 38.9 Å². The van der Waals surface area contributed by atoms with Gasteiger partial charge in [0, 0.05) is 0 Å². The van der Waals surface area contributed by atoms with Gasteiger partial charge < -0.3 is 4.90 Å². The van der Waals surface area contributed by atoms with Gasteiger partial charge in [0.25, 0.3) is 0 Å². The topological polar surface area (TPSA) is 3.24 Å². The van der Waals surface area contributed by atoms with E-state index in [2.05, 4.69) is 32.6 Å². The number of hydrogen-bond donors (Lipinski definition) is 0. The van der Waals surface area contributed by atoms with Crippen LogP contribution in [0.2, 0.25) is 0 Å². The Morgan fingerprint density at radius 1 is 0.917 bits per heavy atom. The van der Waals surface area contributed by atoms with Crippen LogP contribution < -0.4 is 0 Å². The van der Waals surface area contributed by atoms with Gasteiger partial charge in [0.05, 0.1) is 0 Å². The lowest BCUT2D eigenvalue weighted by molar-refractivity contribution is 0.270. The molecular formula is C11H25N. The van der Waals surface area contributed by atoms with Crippen molar-refractivity contribution in [2.75, 3.05) is 19.6 Å². The molecule has 0 amide bonds. The molecule has 0 aromatic carbocycles. The third-order valence-electron chi connectivity index (χ3n) is 2.90. The van der Waals surface area contributed by atoms with Crippen molar-refractivity contribution in [3.8, 4) is 0 Å². The molecule has 0 aliphatic carbocycles. The molecule has 74 valence electrons. The standard InChI is InChI=1S/C11H25N/c1-5-11(6-2)9-10-12(7-3)8-4/h11H,5-10H2,1-4H3. The summed E-state index contributed by atoms with van der Waals surface area (Å²) in [5, 5.41) is 0. The maximum Gasteiger partial charge on any atom is -0.00163 e. The zero-order valence-corrected chi connectivity index (χ0v) is 9.27. The molecule has 0 fully saturated rings. The lowest BCUT2D eigenvalue weighted by Gasteiger charge is -2.20. The Balaban J connectivity index is 3.49. The maximum absolute atomic E-state index is 2.51. The average Bonchev–Trinajstić information content (AvgIpc) is 2.13. The van der Waals surface area contributed by atoms with Crippen LogP contribution in [0.3, 0.4) is 0 Å². The van der Waals surface area contributed by atoms with Crippen LogP contribution >= 0.6 is 0 Å². The number of nitrogens with zero attached hydrogens (tertiary/aromatic N) is 1. The molecule has 0 atom stereocenters. The Bertz CT molecular complexity index is 71.0. The van der Waals surface area contributed by atoms with Crippen molar-refractivity contribution < 1.29 is 0 Å². The van der Waals surface area contributed by atoms with Crippen LogP contribution in [0, 0.1) is 5.92 Å². The van der Waals surface area contributed by atoms with Gasteiger partial charge in [-0.15, -0.1) is 0 Å². The highest BCUT2D eigenvalue weighted by atomic mass is 15.1. The highest BCUT2D eigenvalue weighted by Gasteiger charge is 2.05. The Hall–Kier alpha value is -0.0400. The van der Waals surface area contributed by atoms with Crippen LogP contribution in [-0.2, 0) is 0 Å². The van der Waals surface area contributed by atoms with E-state index in [1.54, 1.807) is 0 Å². The van der Waals surface area contributed by atoms with Crippen LogP contribution in [0.4, 0.5) is 0 Å². The summed E-state index contributed by atoms with van der Waals surface area (Å²) >= 11 is 0. The van der Waals surface area contributed by atoms with E-state index in [1.807, 2.05) is 0 Å². The maximum atomic E-state index is 2.51. The summed E-state index contributed by atoms with van der Waals surface area (Å²) in [4.78, 5) is 2.51. The average molecular weight is 171 g/mol. The van der Waals surface area contributed by atoms with Crippen molar-refractivity contribution in [1.29, 1.82) is 0 Å². The van der Waals surface area contributed by atoms with Crippen LogP contribution in [0.1, 0.15) is 47.0 Å². The highest BCUT2D eigenvalue weighted by molar-refractivity contribution is 4.59. The fourth-order valence-corrected chi connectivity index (χ4v) is 1.60. The molecule has 0 aromatic rings. The van der Waals surface area contributed by atoms with Gasteiger partial charge in [-0.2, -0.15) is 0 Å². The molecule has 0 unspecified atom stereocenters. The molecule has 0 aliphatic heterocycles. The van der Waals surface area contributed by atoms with Crippen molar-refractivity contribution in [1.82, 2.24) is 4.90 Å². The molecule has 12 heavy (non-hydrogen) atoms. The smallest absolute Gasteiger partial charge is 0.00163 e. The molecule has 0 aromatic heterocycles. The van der Waals surface area contributed by atoms with Gasteiger partial charge in [-0.05, 0) is 32.0 Å².